The van der Waals surface area contributed by atoms with Crippen LogP contribution in [0.1, 0.15) is 18.5 Å². The normalized spacial score (nSPS) is 20.6. The molecule has 1 saturated heterocycles. The molecule has 0 unspecified atom stereocenters. The molecule has 6 nitrogen and oxygen atoms in total. The van der Waals surface area contributed by atoms with Crippen LogP contribution < -0.4 is 5.32 Å². The van der Waals surface area contributed by atoms with Crippen molar-refractivity contribution < 1.29 is 9.53 Å². The highest BCUT2D eigenvalue weighted by Gasteiger charge is 2.25. The third-order valence-electron chi connectivity index (χ3n) is 3.55. The zero-order valence-corrected chi connectivity index (χ0v) is 10.3. The molecule has 98 valence electrons. The van der Waals surface area contributed by atoms with Crippen molar-refractivity contribution in [1.82, 2.24) is 20.0 Å². The van der Waals surface area contributed by atoms with Crippen LogP contribution in [0, 0.1) is 0 Å². The number of nitrogens with one attached hydrogen (secondary N) is 1. The van der Waals surface area contributed by atoms with E-state index in [1.165, 1.54) is 0 Å². The van der Waals surface area contributed by atoms with Crippen LogP contribution in [0.4, 0.5) is 4.79 Å². The van der Waals surface area contributed by atoms with Crippen LogP contribution in [0.25, 0.3) is 0 Å². The van der Waals surface area contributed by atoms with Crippen molar-refractivity contribution >= 4 is 6.09 Å². The van der Waals surface area contributed by atoms with Gasteiger partial charge in [0.2, 0.25) is 0 Å². The van der Waals surface area contributed by atoms with Crippen molar-refractivity contribution in [2.45, 2.75) is 32.0 Å². The molecule has 0 bridgehead atoms. The molecule has 1 N–H and O–H groups in total. The zero-order chi connectivity index (χ0) is 12.4. The molecule has 1 fully saturated rings. The number of aromatic nitrogens is 2. The van der Waals surface area contributed by atoms with Crippen molar-refractivity contribution in [3.05, 3.63) is 18.0 Å². The van der Waals surface area contributed by atoms with Crippen LogP contribution in [0.15, 0.2) is 12.3 Å². The highest BCUT2D eigenvalue weighted by molar-refractivity contribution is 5.68. The molecule has 0 saturated carbocycles. The maximum atomic E-state index is 12.1. The summed E-state index contributed by atoms with van der Waals surface area (Å²) in [4.78, 5) is 13.8. The van der Waals surface area contributed by atoms with Gasteiger partial charge >= 0.3 is 6.09 Å². The van der Waals surface area contributed by atoms with E-state index in [4.69, 9.17) is 4.74 Å². The molecular formula is C12H18N4O2. The van der Waals surface area contributed by atoms with Crippen LogP contribution >= 0.6 is 0 Å². The topological polar surface area (TPSA) is 59.4 Å². The van der Waals surface area contributed by atoms with E-state index in [2.05, 4.69) is 10.4 Å². The number of piperidine rings is 1. The molecule has 0 spiro atoms. The molecule has 2 aliphatic rings. The first-order chi connectivity index (χ1) is 8.83. The number of rotatable bonds is 1. The summed E-state index contributed by atoms with van der Waals surface area (Å²) in [6.07, 6.45) is 3.49. The van der Waals surface area contributed by atoms with Crippen molar-refractivity contribution in [1.29, 1.82) is 0 Å². The van der Waals surface area contributed by atoms with Gasteiger partial charge in [0.15, 0.2) is 0 Å². The lowest BCUT2D eigenvalue weighted by Crippen LogP contribution is -2.42. The van der Waals surface area contributed by atoms with E-state index in [9.17, 15) is 4.79 Å². The number of carbonyl (C=O) groups is 1. The second-order valence-corrected chi connectivity index (χ2v) is 4.80. The molecule has 1 amide bonds. The number of carbonyl (C=O) groups excluding carboxylic acids is 1. The van der Waals surface area contributed by atoms with Gasteiger partial charge in [-0.1, -0.05) is 0 Å². The summed E-state index contributed by atoms with van der Waals surface area (Å²) in [6, 6.07) is 1.95. The molecular weight excluding hydrogens is 232 g/mol. The Morgan fingerprint density at radius 3 is 3.06 bits per heavy atom. The summed E-state index contributed by atoms with van der Waals surface area (Å²) in [5, 5.41) is 7.46. The first-order valence-corrected chi connectivity index (χ1v) is 6.50. The molecule has 1 aromatic rings. The van der Waals surface area contributed by atoms with Gasteiger partial charge in [-0.2, -0.15) is 5.10 Å². The lowest BCUT2D eigenvalue weighted by atomic mass is 10.1. The van der Waals surface area contributed by atoms with E-state index in [0.717, 1.165) is 38.2 Å². The van der Waals surface area contributed by atoms with E-state index in [0.29, 0.717) is 13.1 Å². The Morgan fingerprint density at radius 2 is 2.22 bits per heavy atom. The minimum Gasteiger partial charge on any atom is -0.446 e. The number of ether oxygens (including phenoxy) is 1. The van der Waals surface area contributed by atoms with Gasteiger partial charge in [0.25, 0.3) is 0 Å². The number of amides is 1. The smallest absolute Gasteiger partial charge is 0.410 e. The first kappa shape index (κ1) is 11.5. The highest BCUT2D eigenvalue weighted by atomic mass is 16.6. The Morgan fingerprint density at radius 1 is 1.39 bits per heavy atom. The molecule has 6 heteroatoms. The third kappa shape index (κ3) is 2.33. The summed E-state index contributed by atoms with van der Waals surface area (Å²) < 4.78 is 7.48. The fourth-order valence-electron chi connectivity index (χ4n) is 2.47. The van der Waals surface area contributed by atoms with Gasteiger partial charge in [0, 0.05) is 12.7 Å². The van der Waals surface area contributed by atoms with Gasteiger partial charge in [0.05, 0.1) is 18.8 Å². The second-order valence-electron chi connectivity index (χ2n) is 4.80. The number of hydrogen-bond acceptors (Lipinski definition) is 4. The lowest BCUT2D eigenvalue weighted by molar-refractivity contribution is 0.0424. The lowest BCUT2D eigenvalue weighted by Gasteiger charge is -2.30. The Bertz CT molecular complexity index is 425. The Balaban J connectivity index is 1.57. The van der Waals surface area contributed by atoms with Crippen molar-refractivity contribution in [3.8, 4) is 0 Å². The molecule has 0 atom stereocenters. The van der Waals surface area contributed by atoms with E-state index < -0.39 is 0 Å². The van der Waals surface area contributed by atoms with Gasteiger partial charge in [-0.25, -0.2) is 4.79 Å². The summed E-state index contributed by atoms with van der Waals surface area (Å²) >= 11 is 0. The summed E-state index contributed by atoms with van der Waals surface area (Å²) in [5.74, 6) is 0. The Kier molecular flexibility index (Phi) is 3.19. The average Bonchev–Trinajstić information content (AvgIpc) is 2.87. The van der Waals surface area contributed by atoms with Gasteiger partial charge in [-0.15, -0.1) is 0 Å². The molecule has 2 aliphatic heterocycles. The molecule has 0 radical (unpaired) electrons. The van der Waals surface area contributed by atoms with Gasteiger partial charge in [-0.05, 0) is 32.0 Å². The second kappa shape index (κ2) is 4.97. The number of fused-ring (bicyclic) bond motifs is 1. The predicted molar refractivity (Wildman–Crippen MR) is 65.0 cm³/mol. The van der Waals surface area contributed by atoms with Gasteiger partial charge < -0.3 is 15.0 Å². The van der Waals surface area contributed by atoms with Crippen LogP contribution in [0.2, 0.25) is 0 Å². The zero-order valence-electron chi connectivity index (χ0n) is 10.3. The minimum atomic E-state index is -0.186. The Hall–Kier alpha value is -1.56. The molecule has 0 aliphatic carbocycles. The van der Waals surface area contributed by atoms with Crippen LogP contribution in [-0.4, -0.2) is 46.5 Å². The maximum Gasteiger partial charge on any atom is 0.410 e. The molecule has 18 heavy (non-hydrogen) atoms. The molecule has 3 rings (SSSR count). The molecule has 3 heterocycles. The van der Waals surface area contributed by atoms with E-state index in [1.54, 1.807) is 11.1 Å². The van der Waals surface area contributed by atoms with Crippen LogP contribution in [0.3, 0.4) is 0 Å². The van der Waals surface area contributed by atoms with E-state index in [1.807, 2.05) is 10.7 Å². The summed E-state index contributed by atoms with van der Waals surface area (Å²) in [7, 11) is 0. The van der Waals surface area contributed by atoms with Gasteiger partial charge in [-0.3, -0.25) is 4.68 Å². The van der Waals surface area contributed by atoms with Crippen LogP contribution in [-0.2, 0) is 17.8 Å². The Labute approximate surface area is 106 Å². The first-order valence-electron chi connectivity index (χ1n) is 6.50. The SMILES string of the molecule is O=C(OC1CCNCC1)N1CCn2nccc2C1. The summed E-state index contributed by atoms with van der Waals surface area (Å²) in [6.45, 7) is 3.90. The standard InChI is InChI=1S/C12H18N4O2/c17-12(18-11-2-4-13-5-3-11)15-7-8-16-10(9-15)1-6-14-16/h1,6,11,13H,2-5,7-9H2. The predicted octanol–water partition coefficient (Wildman–Crippen LogP) is 0.587. The quantitative estimate of drug-likeness (QED) is 0.792. The third-order valence-corrected chi connectivity index (χ3v) is 3.55. The van der Waals surface area contributed by atoms with E-state index in [-0.39, 0.29) is 12.2 Å². The number of hydrogen-bond donors (Lipinski definition) is 1. The number of nitrogens with zero attached hydrogens (tertiary/aromatic N) is 3. The fraction of sp³-hybridized carbons (Fsp3) is 0.667. The average molecular weight is 250 g/mol. The minimum absolute atomic E-state index is 0.0746. The summed E-state index contributed by atoms with van der Waals surface area (Å²) in [5.41, 5.74) is 1.07. The van der Waals surface area contributed by atoms with E-state index >= 15 is 0 Å². The molecule has 0 aromatic carbocycles. The van der Waals surface area contributed by atoms with Crippen molar-refractivity contribution in [2.75, 3.05) is 19.6 Å². The fourth-order valence-corrected chi connectivity index (χ4v) is 2.47. The molecule has 1 aromatic heterocycles. The maximum absolute atomic E-state index is 12.1. The highest BCUT2D eigenvalue weighted by Crippen LogP contribution is 2.15. The monoisotopic (exact) mass is 250 g/mol. The van der Waals surface area contributed by atoms with Crippen molar-refractivity contribution in [2.24, 2.45) is 0 Å². The van der Waals surface area contributed by atoms with Crippen molar-refractivity contribution in [3.63, 3.8) is 0 Å². The van der Waals surface area contributed by atoms with Gasteiger partial charge in [0.1, 0.15) is 6.10 Å². The van der Waals surface area contributed by atoms with Crippen LogP contribution in [0.5, 0.6) is 0 Å². The largest absolute Gasteiger partial charge is 0.446 e.